The Kier molecular flexibility index (Phi) is 5.56. The van der Waals surface area contributed by atoms with Gasteiger partial charge >= 0.3 is 0 Å². The normalized spacial score (nSPS) is 15.7. The summed E-state index contributed by atoms with van der Waals surface area (Å²) >= 11 is 1.01. The number of rotatable bonds is 6. The van der Waals surface area contributed by atoms with E-state index in [1.54, 1.807) is 6.07 Å². The Morgan fingerprint density at radius 2 is 1.73 bits per heavy atom. The summed E-state index contributed by atoms with van der Waals surface area (Å²) in [6, 6.07) is 20.9. The lowest BCUT2D eigenvalue weighted by Crippen LogP contribution is -2.25. The first-order valence-corrected chi connectivity index (χ1v) is 11.4. The molecule has 2 heterocycles. The second-order valence-corrected chi connectivity index (χ2v) is 9.07. The van der Waals surface area contributed by atoms with Gasteiger partial charge in [0.25, 0.3) is 5.24 Å². The first kappa shape index (κ1) is 21.2. The fourth-order valence-electron chi connectivity index (χ4n) is 4.05. The average molecular weight is 457 g/mol. The van der Waals surface area contributed by atoms with Crippen LogP contribution in [0, 0.1) is 6.92 Å². The van der Waals surface area contributed by atoms with E-state index in [9.17, 15) is 14.4 Å². The average Bonchev–Trinajstić information content (AvgIpc) is 3.34. The van der Waals surface area contributed by atoms with Crippen LogP contribution in [0.25, 0.3) is 22.2 Å². The fraction of sp³-hybridized carbons (Fsp3) is 0.154. The van der Waals surface area contributed by atoms with Crippen molar-refractivity contribution >= 4 is 39.5 Å². The Morgan fingerprint density at radius 3 is 2.45 bits per heavy atom. The highest BCUT2D eigenvalue weighted by atomic mass is 32.2. The summed E-state index contributed by atoms with van der Waals surface area (Å²) < 4.78 is 5.81. The van der Waals surface area contributed by atoms with E-state index in [0.29, 0.717) is 29.3 Å². The zero-order valence-electron chi connectivity index (χ0n) is 17.8. The van der Waals surface area contributed by atoms with Crippen molar-refractivity contribution in [1.29, 1.82) is 0 Å². The summed E-state index contributed by atoms with van der Waals surface area (Å²) in [5, 5.41) is 3.26. The number of ketones is 1. The first-order valence-electron chi connectivity index (χ1n) is 10.6. The van der Waals surface area contributed by atoms with Gasteiger partial charge in [-0.2, -0.15) is 0 Å². The minimum absolute atomic E-state index is 0.0584. The monoisotopic (exact) mass is 456 g/mol. The molecule has 1 aliphatic heterocycles. The van der Waals surface area contributed by atoms with E-state index in [1.807, 2.05) is 67.6 Å². The van der Waals surface area contributed by atoms with E-state index >= 15 is 0 Å². The molecule has 1 aliphatic rings. The lowest BCUT2D eigenvalue weighted by atomic mass is 9.93. The zero-order valence-corrected chi connectivity index (χ0v) is 18.6. The first-order chi connectivity index (χ1) is 16.0. The fourth-order valence-corrected chi connectivity index (χ4v) is 4.90. The van der Waals surface area contributed by atoms with Crippen LogP contribution in [0.2, 0.25) is 0 Å². The van der Waals surface area contributed by atoms with Crippen LogP contribution in [0.1, 0.15) is 27.4 Å². The summed E-state index contributed by atoms with van der Waals surface area (Å²) in [4.78, 5) is 41.4. The molecular formula is C26H20N2O4S. The molecule has 0 spiro atoms. The largest absolute Gasteiger partial charge is 0.441 e. The van der Waals surface area contributed by atoms with Gasteiger partial charge in [-0.3, -0.25) is 19.7 Å². The zero-order chi connectivity index (χ0) is 22.9. The van der Waals surface area contributed by atoms with Crippen molar-refractivity contribution in [2.24, 2.45) is 0 Å². The van der Waals surface area contributed by atoms with Gasteiger partial charge in [0.1, 0.15) is 5.76 Å². The molecule has 0 radical (unpaired) electrons. The highest BCUT2D eigenvalue weighted by Gasteiger charge is 2.32. The van der Waals surface area contributed by atoms with Crippen molar-refractivity contribution in [2.45, 2.75) is 25.0 Å². The third kappa shape index (κ3) is 4.19. The van der Waals surface area contributed by atoms with Crippen LogP contribution < -0.4 is 5.32 Å². The maximum atomic E-state index is 13.3. The number of nitrogens with one attached hydrogen (secondary N) is 1. The van der Waals surface area contributed by atoms with Gasteiger partial charge in [0.15, 0.2) is 5.78 Å². The number of carbonyl (C=O) groups is 3. The molecule has 0 saturated carbocycles. The molecule has 1 saturated heterocycles. The minimum Gasteiger partial charge on any atom is -0.441 e. The predicted octanol–water partition coefficient (Wildman–Crippen LogP) is 5.12. The number of benzene rings is 3. The summed E-state index contributed by atoms with van der Waals surface area (Å²) in [6.45, 7) is 1.81. The predicted molar refractivity (Wildman–Crippen MR) is 127 cm³/mol. The topological polar surface area (TPSA) is 89.3 Å². The molecule has 0 aliphatic carbocycles. The van der Waals surface area contributed by atoms with Gasteiger partial charge < -0.3 is 4.42 Å². The number of hydrogen-bond donors (Lipinski definition) is 1. The molecule has 1 fully saturated rings. The van der Waals surface area contributed by atoms with E-state index in [1.165, 1.54) is 0 Å². The molecular weight excluding hydrogens is 436 g/mol. The van der Waals surface area contributed by atoms with Crippen molar-refractivity contribution in [2.75, 3.05) is 0 Å². The van der Waals surface area contributed by atoms with E-state index < -0.39 is 5.25 Å². The van der Waals surface area contributed by atoms with E-state index in [-0.39, 0.29) is 23.4 Å². The SMILES string of the molecule is Cc1oc(-c2ccccc2)nc1CC(=O)c1ccc(CC2SC(=O)NC2=O)c2ccccc12. The van der Waals surface area contributed by atoms with Gasteiger partial charge in [-0.1, -0.05) is 66.4 Å². The number of oxazole rings is 1. The molecule has 1 unspecified atom stereocenters. The third-order valence-electron chi connectivity index (χ3n) is 5.73. The number of hydrogen-bond acceptors (Lipinski definition) is 6. The number of aryl methyl sites for hydroxylation is 1. The summed E-state index contributed by atoms with van der Waals surface area (Å²) in [7, 11) is 0. The Labute approximate surface area is 194 Å². The second kappa shape index (κ2) is 8.67. The Morgan fingerprint density at radius 1 is 1.00 bits per heavy atom. The van der Waals surface area contributed by atoms with Crippen LogP contribution in [0.3, 0.4) is 0 Å². The number of thioether (sulfide) groups is 1. The van der Waals surface area contributed by atoms with Crippen molar-refractivity contribution in [1.82, 2.24) is 10.3 Å². The van der Waals surface area contributed by atoms with Gasteiger partial charge in [-0.15, -0.1) is 0 Å². The highest BCUT2D eigenvalue weighted by molar-refractivity contribution is 8.15. The van der Waals surface area contributed by atoms with Crippen molar-refractivity contribution in [3.8, 4) is 11.5 Å². The molecule has 1 aromatic heterocycles. The van der Waals surface area contributed by atoms with Crippen molar-refractivity contribution < 1.29 is 18.8 Å². The molecule has 3 aromatic carbocycles. The second-order valence-electron chi connectivity index (χ2n) is 7.89. The van der Waals surface area contributed by atoms with Crippen LogP contribution in [-0.2, 0) is 17.6 Å². The number of carbonyl (C=O) groups excluding carboxylic acids is 3. The molecule has 1 atom stereocenters. The standard InChI is InChI=1S/C26H20N2O4S/c1-15-21(27-25(32-15)16-7-3-2-4-8-16)14-22(29)20-12-11-17(18-9-5-6-10-19(18)20)13-23-24(30)28-26(31)33-23/h2-12,23H,13-14H2,1H3,(H,28,30,31). The van der Waals surface area contributed by atoms with Gasteiger partial charge in [0, 0.05) is 11.1 Å². The van der Waals surface area contributed by atoms with E-state index in [4.69, 9.17) is 4.42 Å². The third-order valence-corrected chi connectivity index (χ3v) is 6.71. The van der Waals surface area contributed by atoms with E-state index in [2.05, 4.69) is 10.3 Å². The quantitative estimate of drug-likeness (QED) is 0.405. The summed E-state index contributed by atoms with van der Waals surface area (Å²) in [5.41, 5.74) is 3.00. The minimum atomic E-state index is -0.461. The van der Waals surface area contributed by atoms with Crippen molar-refractivity contribution in [3.63, 3.8) is 0 Å². The summed E-state index contributed by atoms with van der Waals surface area (Å²) in [5.74, 6) is 0.789. The van der Waals surface area contributed by atoms with Crippen LogP contribution in [0.4, 0.5) is 4.79 Å². The van der Waals surface area contributed by atoms with Crippen LogP contribution in [-0.4, -0.2) is 27.2 Å². The maximum Gasteiger partial charge on any atom is 0.286 e. The van der Waals surface area contributed by atoms with Gasteiger partial charge in [-0.25, -0.2) is 4.98 Å². The lowest BCUT2D eigenvalue weighted by Gasteiger charge is -2.12. The lowest BCUT2D eigenvalue weighted by molar-refractivity contribution is -0.118. The molecule has 6 nitrogen and oxygen atoms in total. The molecule has 4 aromatic rings. The Hall–Kier alpha value is -3.71. The molecule has 33 heavy (non-hydrogen) atoms. The van der Waals surface area contributed by atoms with Gasteiger partial charge in [0.2, 0.25) is 11.8 Å². The maximum absolute atomic E-state index is 13.3. The Bertz CT molecular complexity index is 1390. The number of fused-ring (bicyclic) bond motifs is 1. The molecule has 2 amide bonds. The highest BCUT2D eigenvalue weighted by Crippen LogP contribution is 2.30. The van der Waals surface area contributed by atoms with Crippen LogP contribution in [0.5, 0.6) is 0 Å². The number of Topliss-reactive ketones (excluding diaryl/α,β-unsaturated/α-hetero) is 1. The number of aromatic nitrogens is 1. The number of amides is 2. The summed E-state index contributed by atoms with van der Waals surface area (Å²) in [6.07, 6.45) is 0.543. The van der Waals surface area contributed by atoms with Crippen LogP contribution >= 0.6 is 11.8 Å². The van der Waals surface area contributed by atoms with Gasteiger partial charge in [0.05, 0.1) is 17.4 Å². The van der Waals surface area contributed by atoms with Crippen LogP contribution in [0.15, 0.2) is 71.1 Å². The Balaban J connectivity index is 1.44. The number of imide groups is 1. The molecule has 0 bridgehead atoms. The molecule has 1 N–H and O–H groups in total. The molecule has 164 valence electrons. The van der Waals surface area contributed by atoms with Gasteiger partial charge in [-0.05, 0) is 41.8 Å². The van der Waals surface area contributed by atoms with Crippen molar-refractivity contribution in [3.05, 3.63) is 89.3 Å². The number of nitrogens with zero attached hydrogens (tertiary/aromatic N) is 1. The molecule has 5 rings (SSSR count). The van der Waals surface area contributed by atoms with E-state index in [0.717, 1.165) is 33.7 Å². The smallest absolute Gasteiger partial charge is 0.286 e. The molecule has 7 heteroatoms.